The number of hydrogen-bond donors (Lipinski definition) is 1. The predicted molar refractivity (Wildman–Crippen MR) is 104 cm³/mol. The summed E-state index contributed by atoms with van der Waals surface area (Å²) in [5.41, 5.74) is 2.07. The van der Waals surface area contributed by atoms with Gasteiger partial charge in [-0.25, -0.2) is 0 Å². The summed E-state index contributed by atoms with van der Waals surface area (Å²) in [4.78, 5) is 50.0. The van der Waals surface area contributed by atoms with Crippen LogP contribution >= 0.6 is 11.8 Å². The third-order valence-corrected chi connectivity index (χ3v) is 5.15. The number of rotatable bonds is 6. The van der Waals surface area contributed by atoms with Gasteiger partial charge in [-0.05, 0) is 24.6 Å². The molecule has 1 aliphatic rings. The van der Waals surface area contributed by atoms with E-state index in [1.165, 1.54) is 0 Å². The molecule has 2 aromatic rings. The molecule has 0 aromatic heterocycles. The monoisotopic (exact) mass is 382 g/mol. The summed E-state index contributed by atoms with van der Waals surface area (Å²) >= 11 is 0.785. The number of benzene rings is 2. The van der Waals surface area contributed by atoms with E-state index in [1.54, 1.807) is 36.4 Å². The third-order valence-electron chi connectivity index (χ3n) is 4.08. The number of amides is 3. The van der Waals surface area contributed by atoms with Crippen LogP contribution in [0.4, 0.5) is 10.5 Å². The van der Waals surface area contributed by atoms with Crippen LogP contribution in [0.2, 0.25) is 0 Å². The highest BCUT2D eigenvalue weighted by molar-refractivity contribution is 8.15. The minimum absolute atomic E-state index is 0.126. The molecular weight excluding hydrogens is 364 g/mol. The molecular formula is C20H18N2O4S. The minimum Gasteiger partial charge on any atom is -0.326 e. The average molecular weight is 382 g/mol. The Labute approximate surface area is 160 Å². The van der Waals surface area contributed by atoms with Gasteiger partial charge in [-0.1, -0.05) is 54.2 Å². The molecule has 0 radical (unpaired) electrons. The number of thioether (sulfide) groups is 1. The van der Waals surface area contributed by atoms with Crippen molar-refractivity contribution in [2.24, 2.45) is 0 Å². The lowest BCUT2D eigenvalue weighted by Gasteiger charge is -2.13. The molecule has 6 nitrogen and oxygen atoms in total. The number of hydrogen-bond acceptors (Lipinski definition) is 5. The van der Waals surface area contributed by atoms with Crippen molar-refractivity contribution in [2.45, 2.75) is 18.6 Å². The Bertz CT molecular complexity index is 898. The molecule has 0 spiro atoms. The van der Waals surface area contributed by atoms with Crippen molar-refractivity contribution in [3.63, 3.8) is 0 Å². The molecule has 27 heavy (non-hydrogen) atoms. The van der Waals surface area contributed by atoms with Gasteiger partial charge in [0.25, 0.3) is 5.24 Å². The lowest BCUT2D eigenvalue weighted by Crippen LogP contribution is -2.36. The highest BCUT2D eigenvalue weighted by Gasteiger charge is 2.41. The van der Waals surface area contributed by atoms with Crippen LogP contribution < -0.4 is 5.32 Å². The summed E-state index contributed by atoms with van der Waals surface area (Å²) in [7, 11) is 0. The quantitative estimate of drug-likeness (QED) is 0.775. The molecule has 3 amide bonds. The average Bonchev–Trinajstić information content (AvgIpc) is 2.89. The maximum Gasteiger partial charge on any atom is 0.289 e. The van der Waals surface area contributed by atoms with Crippen LogP contribution in [-0.2, 0) is 9.59 Å². The summed E-state index contributed by atoms with van der Waals surface area (Å²) in [5, 5.41) is 1.41. The molecule has 1 heterocycles. The zero-order valence-electron chi connectivity index (χ0n) is 14.7. The number of carbonyl (C=O) groups excluding carboxylic acids is 4. The van der Waals surface area contributed by atoms with E-state index >= 15 is 0 Å². The fourth-order valence-electron chi connectivity index (χ4n) is 2.73. The van der Waals surface area contributed by atoms with Crippen LogP contribution in [0.1, 0.15) is 22.3 Å². The number of nitrogens with one attached hydrogen (secondary N) is 1. The van der Waals surface area contributed by atoms with Crippen LogP contribution in [0, 0.1) is 6.92 Å². The second kappa shape index (κ2) is 8.18. The molecule has 1 aliphatic heterocycles. The first-order valence-electron chi connectivity index (χ1n) is 8.41. The lowest BCUT2D eigenvalue weighted by molar-refractivity contribution is -0.128. The molecule has 7 heteroatoms. The van der Waals surface area contributed by atoms with E-state index in [0.29, 0.717) is 11.3 Å². The van der Waals surface area contributed by atoms with E-state index in [-0.39, 0.29) is 24.7 Å². The smallest absolute Gasteiger partial charge is 0.289 e. The second-order valence-electron chi connectivity index (χ2n) is 6.21. The van der Waals surface area contributed by atoms with Crippen LogP contribution in [0.3, 0.4) is 0 Å². The Morgan fingerprint density at radius 1 is 1.07 bits per heavy atom. The Kier molecular flexibility index (Phi) is 5.71. The molecule has 0 bridgehead atoms. The van der Waals surface area contributed by atoms with E-state index in [0.717, 1.165) is 22.2 Å². The predicted octanol–water partition coefficient (Wildman–Crippen LogP) is 3.27. The standard InChI is InChI=1S/C20H18N2O4S/c1-13-6-5-9-15(10-13)21-18(24)11-17-19(25)22(20(26)27-17)12-16(23)14-7-3-2-4-8-14/h2-10,17H,11-12H2,1H3,(H,21,24)/t17-/m0/s1. The van der Waals surface area contributed by atoms with Crippen LogP contribution in [0.5, 0.6) is 0 Å². The van der Waals surface area contributed by atoms with Crippen LogP contribution in [0.25, 0.3) is 0 Å². The Morgan fingerprint density at radius 2 is 1.81 bits per heavy atom. The van der Waals surface area contributed by atoms with Gasteiger partial charge in [-0.2, -0.15) is 0 Å². The molecule has 1 atom stereocenters. The summed E-state index contributed by atoms with van der Waals surface area (Å²) in [6.07, 6.45) is -0.126. The summed E-state index contributed by atoms with van der Waals surface area (Å²) in [6.45, 7) is 1.59. The maximum absolute atomic E-state index is 12.5. The Hall–Kier alpha value is -2.93. The van der Waals surface area contributed by atoms with Gasteiger partial charge in [0, 0.05) is 17.7 Å². The van der Waals surface area contributed by atoms with E-state index in [4.69, 9.17) is 0 Å². The molecule has 0 saturated carbocycles. The van der Waals surface area contributed by atoms with Crippen molar-refractivity contribution in [3.05, 3.63) is 65.7 Å². The molecule has 1 N–H and O–H groups in total. The van der Waals surface area contributed by atoms with Crippen molar-refractivity contribution in [2.75, 3.05) is 11.9 Å². The van der Waals surface area contributed by atoms with E-state index in [9.17, 15) is 19.2 Å². The van der Waals surface area contributed by atoms with Gasteiger partial charge in [-0.3, -0.25) is 24.1 Å². The molecule has 0 aliphatic carbocycles. The number of imide groups is 1. The summed E-state index contributed by atoms with van der Waals surface area (Å²) in [6, 6.07) is 15.8. The van der Waals surface area contributed by atoms with Crippen molar-refractivity contribution in [3.8, 4) is 0 Å². The SMILES string of the molecule is Cc1cccc(NC(=O)C[C@@H]2SC(=O)N(CC(=O)c3ccccc3)C2=O)c1. The molecule has 2 aromatic carbocycles. The van der Waals surface area contributed by atoms with E-state index in [2.05, 4.69) is 5.32 Å². The van der Waals surface area contributed by atoms with Gasteiger partial charge in [0.05, 0.1) is 6.54 Å². The zero-order chi connectivity index (χ0) is 19.4. The molecule has 138 valence electrons. The molecule has 1 saturated heterocycles. The first-order chi connectivity index (χ1) is 12.9. The van der Waals surface area contributed by atoms with Crippen molar-refractivity contribution in [1.29, 1.82) is 0 Å². The van der Waals surface area contributed by atoms with Gasteiger partial charge in [0.1, 0.15) is 5.25 Å². The largest absolute Gasteiger partial charge is 0.326 e. The normalized spacial score (nSPS) is 16.5. The highest BCUT2D eigenvalue weighted by atomic mass is 32.2. The third kappa shape index (κ3) is 4.62. The van der Waals surface area contributed by atoms with Crippen molar-refractivity contribution < 1.29 is 19.2 Å². The van der Waals surface area contributed by atoms with Gasteiger partial charge in [0.15, 0.2) is 5.78 Å². The van der Waals surface area contributed by atoms with Crippen molar-refractivity contribution >= 4 is 40.3 Å². The number of ketones is 1. The van der Waals surface area contributed by atoms with E-state index in [1.807, 2.05) is 25.1 Å². The topological polar surface area (TPSA) is 83.6 Å². The van der Waals surface area contributed by atoms with Gasteiger partial charge in [0.2, 0.25) is 11.8 Å². The number of aryl methyl sites for hydroxylation is 1. The first kappa shape index (κ1) is 18.8. The van der Waals surface area contributed by atoms with E-state index < -0.39 is 16.4 Å². The van der Waals surface area contributed by atoms with Crippen LogP contribution in [0.15, 0.2) is 54.6 Å². The number of anilines is 1. The molecule has 0 unspecified atom stereocenters. The van der Waals surface area contributed by atoms with Crippen LogP contribution in [-0.4, -0.2) is 39.5 Å². The maximum atomic E-state index is 12.5. The van der Waals surface area contributed by atoms with Gasteiger partial charge < -0.3 is 5.32 Å². The fraction of sp³-hybridized carbons (Fsp3) is 0.200. The Balaban J connectivity index is 1.60. The van der Waals surface area contributed by atoms with Crippen molar-refractivity contribution in [1.82, 2.24) is 4.90 Å². The highest BCUT2D eigenvalue weighted by Crippen LogP contribution is 2.29. The fourth-order valence-corrected chi connectivity index (χ4v) is 3.72. The zero-order valence-corrected chi connectivity index (χ0v) is 15.5. The molecule has 1 fully saturated rings. The first-order valence-corrected chi connectivity index (χ1v) is 9.29. The summed E-state index contributed by atoms with van der Waals surface area (Å²) < 4.78 is 0. The molecule has 3 rings (SSSR count). The number of carbonyl (C=O) groups is 4. The lowest BCUT2D eigenvalue weighted by atomic mass is 10.1. The number of nitrogens with zero attached hydrogens (tertiary/aromatic N) is 1. The van der Waals surface area contributed by atoms with Gasteiger partial charge in [-0.15, -0.1) is 0 Å². The number of Topliss-reactive ketones (excluding diaryl/α,β-unsaturated/α-hetero) is 1. The minimum atomic E-state index is -0.814. The Morgan fingerprint density at radius 3 is 2.52 bits per heavy atom. The summed E-state index contributed by atoms with van der Waals surface area (Å²) in [5.74, 6) is -1.17. The van der Waals surface area contributed by atoms with Gasteiger partial charge >= 0.3 is 0 Å². The second-order valence-corrected chi connectivity index (χ2v) is 7.36.